The Labute approximate surface area is 203 Å². The largest absolute Gasteiger partial charge is 0.454 e. The minimum atomic E-state index is -0.191. The summed E-state index contributed by atoms with van der Waals surface area (Å²) >= 11 is 0. The molecule has 3 aromatic rings. The molecule has 5 nitrogen and oxygen atoms in total. The molecule has 1 aromatic heterocycles. The lowest BCUT2D eigenvalue weighted by atomic mass is 9.67. The van der Waals surface area contributed by atoms with E-state index in [0.29, 0.717) is 12.7 Å². The van der Waals surface area contributed by atoms with Gasteiger partial charge in [-0.2, -0.15) is 0 Å². The number of imidazole rings is 1. The molecule has 5 heteroatoms. The maximum atomic E-state index is 5.77. The summed E-state index contributed by atoms with van der Waals surface area (Å²) in [6.07, 6.45) is 13.6. The zero-order valence-corrected chi connectivity index (χ0v) is 20.6. The van der Waals surface area contributed by atoms with E-state index in [1.54, 1.807) is 0 Å². The molecule has 0 amide bonds. The third kappa shape index (κ3) is 4.28. The lowest BCUT2D eigenvalue weighted by Crippen LogP contribution is -2.55. The van der Waals surface area contributed by atoms with E-state index in [2.05, 4.69) is 78.2 Å². The topological polar surface area (TPSA) is 39.5 Å². The lowest BCUT2D eigenvalue weighted by molar-refractivity contribution is 0.173. The van der Waals surface area contributed by atoms with Crippen LogP contribution in [0.5, 0.6) is 11.5 Å². The average Bonchev–Trinajstić information content (AvgIpc) is 3.53. The monoisotopic (exact) mass is 459 g/mol. The molecule has 1 saturated carbocycles. The van der Waals surface area contributed by atoms with Crippen LogP contribution in [0.1, 0.15) is 63.0 Å². The molecule has 1 unspecified atom stereocenters. The van der Waals surface area contributed by atoms with Crippen LogP contribution in [0.25, 0.3) is 0 Å². The van der Waals surface area contributed by atoms with Crippen molar-refractivity contribution in [3.63, 3.8) is 0 Å². The standard InChI is InChI=1S/C29H37N3O2/c1-3-4-18-32(28-30-17-19-31(28)2)29(24-11-7-5-8-12-24,25-13-9-6-10-14-25)21-23-15-16-26-27(20-23)34-22-33-26/h5,7-8,11-12,15-17,19-20,25H,3-4,6,9-10,13-14,18,21-22H2,1-2H3. The molecule has 2 aromatic carbocycles. The summed E-state index contributed by atoms with van der Waals surface area (Å²) in [5.41, 5.74) is 2.48. The van der Waals surface area contributed by atoms with Gasteiger partial charge in [0.15, 0.2) is 11.5 Å². The van der Waals surface area contributed by atoms with Crippen molar-refractivity contribution in [1.82, 2.24) is 9.55 Å². The molecule has 0 bridgehead atoms. The van der Waals surface area contributed by atoms with Gasteiger partial charge < -0.3 is 18.9 Å². The van der Waals surface area contributed by atoms with Crippen LogP contribution in [0.15, 0.2) is 60.9 Å². The number of benzene rings is 2. The van der Waals surface area contributed by atoms with Crippen LogP contribution in [0.2, 0.25) is 0 Å². The number of hydrogen-bond donors (Lipinski definition) is 0. The highest BCUT2D eigenvalue weighted by atomic mass is 16.7. The summed E-state index contributed by atoms with van der Waals surface area (Å²) in [6.45, 7) is 3.57. The molecule has 2 heterocycles. The fraction of sp³-hybridized carbons (Fsp3) is 0.483. The summed E-state index contributed by atoms with van der Waals surface area (Å²) in [7, 11) is 2.12. The Kier molecular flexibility index (Phi) is 6.80. The van der Waals surface area contributed by atoms with Crippen molar-refractivity contribution in [1.29, 1.82) is 0 Å². The highest BCUT2D eigenvalue weighted by molar-refractivity contribution is 5.49. The van der Waals surface area contributed by atoms with E-state index in [-0.39, 0.29) is 5.54 Å². The van der Waals surface area contributed by atoms with Gasteiger partial charge in [-0.1, -0.05) is 69.0 Å². The smallest absolute Gasteiger partial charge is 0.231 e. The number of anilines is 1. The zero-order valence-electron chi connectivity index (χ0n) is 20.6. The van der Waals surface area contributed by atoms with Gasteiger partial charge in [-0.3, -0.25) is 0 Å². The van der Waals surface area contributed by atoms with Crippen LogP contribution in [0.3, 0.4) is 0 Å². The first-order valence-electron chi connectivity index (χ1n) is 12.9. The van der Waals surface area contributed by atoms with Gasteiger partial charge in [0.05, 0.1) is 5.54 Å². The SMILES string of the molecule is CCCCN(c1nccn1C)C(Cc1ccc2c(c1)OCO2)(c1ccccc1)C1CCCCC1. The molecule has 0 saturated heterocycles. The van der Waals surface area contributed by atoms with E-state index < -0.39 is 0 Å². The minimum absolute atomic E-state index is 0.191. The second kappa shape index (κ2) is 10.1. The fourth-order valence-electron chi connectivity index (χ4n) is 6.03. The number of hydrogen-bond acceptors (Lipinski definition) is 4. The van der Waals surface area contributed by atoms with Crippen molar-refractivity contribution in [3.05, 3.63) is 72.1 Å². The van der Waals surface area contributed by atoms with Crippen molar-refractivity contribution in [2.24, 2.45) is 13.0 Å². The molecule has 1 fully saturated rings. The van der Waals surface area contributed by atoms with Crippen LogP contribution in [-0.2, 0) is 19.0 Å². The van der Waals surface area contributed by atoms with Crippen LogP contribution >= 0.6 is 0 Å². The predicted molar refractivity (Wildman–Crippen MR) is 136 cm³/mol. The lowest BCUT2D eigenvalue weighted by Gasteiger charge is -2.51. The Balaban J connectivity index is 1.69. The highest BCUT2D eigenvalue weighted by Crippen LogP contribution is 2.48. The first-order chi connectivity index (χ1) is 16.7. The molecular weight excluding hydrogens is 422 g/mol. The van der Waals surface area contributed by atoms with Gasteiger partial charge in [-0.25, -0.2) is 4.98 Å². The van der Waals surface area contributed by atoms with Gasteiger partial charge in [0, 0.05) is 32.4 Å². The Morgan fingerprint density at radius 1 is 1.03 bits per heavy atom. The summed E-state index contributed by atoms with van der Waals surface area (Å²) in [4.78, 5) is 7.54. The summed E-state index contributed by atoms with van der Waals surface area (Å²) in [5.74, 6) is 3.31. The Morgan fingerprint density at radius 3 is 2.56 bits per heavy atom. The normalized spacial score (nSPS) is 17.5. The van der Waals surface area contributed by atoms with E-state index in [0.717, 1.165) is 43.3 Å². The van der Waals surface area contributed by atoms with Gasteiger partial charge in [0.2, 0.25) is 12.7 Å². The van der Waals surface area contributed by atoms with Crippen molar-refractivity contribution < 1.29 is 9.47 Å². The number of rotatable bonds is 9. The number of aromatic nitrogens is 2. The fourth-order valence-corrected chi connectivity index (χ4v) is 6.03. The molecule has 34 heavy (non-hydrogen) atoms. The quantitative estimate of drug-likeness (QED) is 0.367. The van der Waals surface area contributed by atoms with Gasteiger partial charge in [0.25, 0.3) is 0 Å². The first-order valence-corrected chi connectivity index (χ1v) is 12.9. The third-order valence-corrected chi connectivity index (χ3v) is 7.72. The molecule has 0 radical (unpaired) electrons. The highest BCUT2D eigenvalue weighted by Gasteiger charge is 2.47. The van der Waals surface area contributed by atoms with Gasteiger partial charge in [-0.05, 0) is 48.4 Å². The van der Waals surface area contributed by atoms with E-state index in [1.807, 2.05) is 6.20 Å². The van der Waals surface area contributed by atoms with Crippen LogP contribution < -0.4 is 14.4 Å². The molecule has 0 N–H and O–H groups in total. The Morgan fingerprint density at radius 2 is 1.82 bits per heavy atom. The number of nitrogens with zero attached hydrogens (tertiary/aromatic N) is 3. The van der Waals surface area contributed by atoms with E-state index in [4.69, 9.17) is 14.5 Å². The van der Waals surface area contributed by atoms with E-state index >= 15 is 0 Å². The van der Waals surface area contributed by atoms with Gasteiger partial charge >= 0.3 is 0 Å². The van der Waals surface area contributed by atoms with Crippen LogP contribution in [-0.4, -0.2) is 22.9 Å². The van der Waals surface area contributed by atoms with E-state index in [9.17, 15) is 0 Å². The zero-order chi connectivity index (χ0) is 23.4. The first kappa shape index (κ1) is 22.8. The Hall–Kier alpha value is -2.95. The number of aryl methyl sites for hydroxylation is 1. The van der Waals surface area contributed by atoms with Crippen molar-refractivity contribution in [2.45, 2.75) is 63.8 Å². The minimum Gasteiger partial charge on any atom is -0.454 e. The van der Waals surface area contributed by atoms with Crippen molar-refractivity contribution >= 4 is 5.95 Å². The van der Waals surface area contributed by atoms with Gasteiger partial charge in [0.1, 0.15) is 0 Å². The van der Waals surface area contributed by atoms with Crippen molar-refractivity contribution in [2.75, 3.05) is 18.2 Å². The molecule has 0 spiro atoms. The van der Waals surface area contributed by atoms with Crippen LogP contribution in [0, 0.1) is 5.92 Å². The summed E-state index contributed by atoms with van der Waals surface area (Å²) < 4.78 is 13.6. The van der Waals surface area contributed by atoms with E-state index in [1.165, 1.54) is 43.2 Å². The molecule has 1 aliphatic carbocycles. The van der Waals surface area contributed by atoms with Crippen LogP contribution in [0.4, 0.5) is 5.95 Å². The summed E-state index contributed by atoms with van der Waals surface area (Å²) in [6, 6.07) is 17.7. The molecule has 180 valence electrons. The second-order valence-electron chi connectivity index (χ2n) is 9.83. The molecule has 2 aliphatic rings. The summed E-state index contributed by atoms with van der Waals surface area (Å²) in [5, 5.41) is 0. The molecule has 1 atom stereocenters. The van der Waals surface area contributed by atoms with Gasteiger partial charge in [-0.15, -0.1) is 0 Å². The molecular formula is C29H37N3O2. The number of ether oxygens (including phenoxy) is 2. The third-order valence-electron chi connectivity index (χ3n) is 7.72. The maximum Gasteiger partial charge on any atom is 0.231 e. The average molecular weight is 460 g/mol. The molecule has 5 rings (SSSR count). The number of fused-ring (bicyclic) bond motifs is 1. The molecule has 1 aliphatic heterocycles. The second-order valence-corrected chi connectivity index (χ2v) is 9.83. The maximum absolute atomic E-state index is 5.77. The Bertz CT molecular complexity index is 1070. The van der Waals surface area contributed by atoms with Crippen molar-refractivity contribution in [3.8, 4) is 11.5 Å². The number of unbranched alkanes of at least 4 members (excludes halogenated alkanes) is 1. The predicted octanol–water partition coefficient (Wildman–Crippen LogP) is 6.47.